The third-order valence-corrected chi connectivity index (χ3v) is 1.68. The molecular formula is C9H13ClN2O2. The summed E-state index contributed by atoms with van der Waals surface area (Å²) < 4.78 is 5.00. The molecule has 0 fully saturated rings. The van der Waals surface area contributed by atoms with Gasteiger partial charge >= 0.3 is 0 Å². The summed E-state index contributed by atoms with van der Waals surface area (Å²) in [5, 5.41) is 0. The van der Waals surface area contributed by atoms with Crippen LogP contribution in [0.1, 0.15) is 17.3 Å². The van der Waals surface area contributed by atoms with Crippen LogP contribution in [-0.4, -0.2) is 23.9 Å². The lowest BCUT2D eigenvalue weighted by Crippen LogP contribution is -2.27. The number of Topliss-reactive ketones (excluding diaryl/α,β-unsaturated/α-hetero) is 1. The number of pyridine rings is 1. The normalized spacial score (nSPS) is 11.4. The first kappa shape index (κ1) is 12.9. The van der Waals surface area contributed by atoms with Crippen molar-refractivity contribution in [2.75, 3.05) is 7.11 Å². The SMILES string of the molecule is COc1ccncc1C(=O)C(C)N.Cl. The lowest BCUT2D eigenvalue weighted by Gasteiger charge is -2.07. The Morgan fingerprint density at radius 1 is 1.64 bits per heavy atom. The van der Waals surface area contributed by atoms with Crippen molar-refractivity contribution in [1.82, 2.24) is 4.98 Å². The number of methoxy groups -OCH3 is 1. The molecule has 78 valence electrons. The number of hydrogen-bond donors (Lipinski definition) is 1. The summed E-state index contributed by atoms with van der Waals surface area (Å²) in [5.41, 5.74) is 5.89. The number of nitrogens with two attached hydrogens (primary N) is 1. The fraction of sp³-hybridized carbons (Fsp3) is 0.333. The highest BCUT2D eigenvalue weighted by Gasteiger charge is 2.15. The van der Waals surface area contributed by atoms with Gasteiger partial charge in [-0.15, -0.1) is 12.4 Å². The van der Waals surface area contributed by atoms with E-state index >= 15 is 0 Å². The molecule has 0 aliphatic carbocycles. The van der Waals surface area contributed by atoms with Gasteiger partial charge in [-0.2, -0.15) is 0 Å². The second kappa shape index (κ2) is 5.57. The molecular weight excluding hydrogens is 204 g/mol. The van der Waals surface area contributed by atoms with E-state index in [0.717, 1.165) is 0 Å². The average molecular weight is 217 g/mol. The van der Waals surface area contributed by atoms with Crippen LogP contribution in [0.4, 0.5) is 0 Å². The van der Waals surface area contributed by atoms with Gasteiger partial charge < -0.3 is 10.5 Å². The fourth-order valence-electron chi connectivity index (χ4n) is 0.990. The van der Waals surface area contributed by atoms with E-state index in [0.29, 0.717) is 11.3 Å². The number of aromatic nitrogens is 1. The number of nitrogens with zero attached hydrogens (tertiary/aromatic N) is 1. The second-order valence-electron chi connectivity index (χ2n) is 2.73. The predicted octanol–water partition coefficient (Wildman–Crippen LogP) is 1.04. The minimum absolute atomic E-state index is 0. The summed E-state index contributed by atoms with van der Waals surface area (Å²) in [6, 6.07) is 1.10. The summed E-state index contributed by atoms with van der Waals surface area (Å²) in [6.07, 6.45) is 3.03. The Morgan fingerprint density at radius 3 is 2.79 bits per heavy atom. The molecule has 0 bridgehead atoms. The average Bonchev–Trinajstić information content (AvgIpc) is 2.16. The quantitative estimate of drug-likeness (QED) is 0.767. The van der Waals surface area contributed by atoms with Crippen molar-refractivity contribution >= 4 is 18.2 Å². The van der Waals surface area contributed by atoms with Crippen molar-refractivity contribution in [3.63, 3.8) is 0 Å². The van der Waals surface area contributed by atoms with Crippen LogP contribution in [0.3, 0.4) is 0 Å². The Morgan fingerprint density at radius 2 is 2.29 bits per heavy atom. The van der Waals surface area contributed by atoms with Gasteiger partial charge in [-0.3, -0.25) is 9.78 Å². The number of rotatable bonds is 3. The molecule has 5 heteroatoms. The molecule has 0 spiro atoms. The molecule has 1 rings (SSSR count). The zero-order chi connectivity index (χ0) is 9.84. The number of carbonyl (C=O) groups is 1. The van der Waals surface area contributed by atoms with E-state index in [9.17, 15) is 4.79 Å². The van der Waals surface area contributed by atoms with Gasteiger partial charge in [0.1, 0.15) is 5.75 Å². The van der Waals surface area contributed by atoms with Crippen molar-refractivity contribution in [2.45, 2.75) is 13.0 Å². The van der Waals surface area contributed by atoms with E-state index < -0.39 is 6.04 Å². The van der Waals surface area contributed by atoms with Gasteiger partial charge in [-0.25, -0.2) is 0 Å². The minimum Gasteiger partial charge on any atom is -0.496 e. The highest BCUT2D eigenvalue weighted by molar-refractivity contribution is 6.01. The van der Waals surface area contributed by atoms with Crippen LogP contribution in [0, 0.1) is 0 Å². The zero-order valence-electron chi connectivity index (χ0n) is 8.06. The van der Waals surface area contributed by atoms with Gasteiger partial charge in [-0.05, 0) is 13.0 Å². The molecule has 1 heterocycles. The highest BCUT2D eigenvalue weighted by Crippen LogP contribution is 2.16. The first-order valence-corrected chi connectivity index (χ1v) is 3.94. The summed E-state index contributed by atoms with van der Waals surface area (Å²) in [7, 11) is 1.51. The Balaban J connectivity index is 0.00000169. The molecule has 0 saturated carbocycles. The molecule has 1 aromatic heterocycles. The summed E-state index contributed by atoms with van der Waals surface area (Å²) >= 11 is 0. The summed E-state index contributed by atoms with van der Waals surface area (Å²) in [5.74, 6) is 0.349. The molecule has 1 aromatic rings. The Hall–Kier alpha value is -1.13. The Bertz CT molecular complexity index is 315. The molecule has 0 aliphatic heterocycles. The molecule has 0 aliphatic rings. The first-order chi connectivity index (χ1) is 6.16. The van der Waals surface area contributed by atoms with Gasteiger partial charge in [0.15, 0.2) is 5.78 Å². The molecule has 2 N–H and O–H groups in total. The van der Waals surface area contributed by atoms with Gasteiger partial charge in [-0.1, -0.05) is 0 Å². The number of ether oxygens (including phenoxy) is 1. The van der Waals surface area contributed by atoms with Gasteiger partial charge in [0.05, 0.1) is 18.7 Å². The lowest BCUT2D eigenvalue weighted by molar-refractivity contribution is 0.0964. The smallest absolute Gasteiger partial charge is 0.184 e. The van der Waals surface area contributed by atoms with E-state index in [1.165, 1.54) is 13.3 Å². The van der Waals surface area contributed by atoms with Crippen molar-refractivity contribution < 1.29 is 9.53 Å². The third-order valence-electron chi connectivity index (χ3n) is 1.68. The molecule has 1 atom stereocenters. The number of halogens is 1. The van der Waals surface area contributed by atoms with Crippen molar-refractivity contribution in [1.29, 1.82) is 0 Å². The number of hydrogen-bond acceptors (Lipinski definition) is 4. The summed E-state index contributed by atoms with van der Waals surface area (Å²) in [4.78, 5) is 15.3. The van der Waals surface area contributed by atoms with E-state index in [2.05, 4.69) is 4.98 Å². The van der Waals surface area contributed by atoms with Crippen molar-refractivity contribution in [2.24, 2.45) is 5.73 Å². The largest absolute Gasteiger partial charge is 0.496 e. The number of carbonyl (C=O) groups excluding carboxylic acids is 1. The van der Waals surface area contributed by atoms with Crippen LogP contribution in [0.5, 0.6) is 5.75 Å². The second-order valence-corrected chi connectivity index (χ2v) is 2.73. The molecule has 1 unspecified atom stereocenters. The first-order valence-electron chi connectivity index (χ1n) is 3.94. The van der Waals surface area contributed by atoms with Crippen LogP contribution in [0.15, 0.2) is 18.5 Å². The van der Waals surface area contributed by atoms with E-state index in [-0.39, 0.29) is 18.2 Å². The number of ketones is 1. The maximum absolute atomic E-state index is 11.5. The maximum atomic E-state index is 11.5. The topological polar surface area (TPSA) is 65.2 Å². The molecule has 0 aromatic carbocycles. The van der Waals surface area contributed by atoms with Crippen molar-refractivity contribution in [3.8, 4) is 5.75 Å². The standard InChI is InChI=1S/C9H12N2O2.ClH/c1-6(10)9(12)7-5-11-4-3-8(7)13-2;/h3-6H,10H2,1-2H3;1H. The minimum atomic E-state index is -0.530. The van der Waals surface area contributed by atoms with Gasteiger partial charge in [0.2, 0.25) is 0 Å². The van der Waals surface area contributed by atoms with Crippen LogP contribution in [0.2, 0.25) is 0 Å². The molecule has 0 saturated heterocycles. The summed E-state index contributed by atoms with van der Waals surface area (Å²) in [6.45, 7) is 1.63. The van der Waals surface area contributed by atoms with Crippen LogP contribution in [0.25, 0.3) is 0 Å². The molecule has 4 nitrogen and oxygen atoms in total. The molecule has 0 amide bonds. The lowest BCUT2D eigenvalue weighted by atomic mass is 10.1. The third kappa shape index (κ3) is 2.68. The van der Waals surface area contributed by atoms with E-state index in [4.69, 9.17) is 10.5 Å². The van der Waals surface area contributed by atoms with Crippen LogP contribution >= 0.6 is 12.4 Å². The Labute approximate surface area is 88.9 Å². The zero-order valence-corrected chi connectivity index (χ0v) is 8.88. The molecule has 14 heavy (non-hydrogen) atoms. The van der Waals surface area contributed by atoms with E-state index in [1.54, 1.807) is 19.2 Å². The maximum Gasteiger partial charge on any atom is 0.184 e. The molecule has 0 radical (unpaired) electrons. The van der Waals surface area contributed by atoms with E-state index in [1.807, 2.05) is 0 Å². The van der Waals surface area contributed by atoms with Gasteiger partial charge in [0.25, 0.3) is 0 Å². The van der Waals surface area contributed by atoms with Crippen molar-refractivity contribution in [3.05, 3.63) is 24.0 Å². The predicted molar refractivity (Wildman–Crippen MR) is 56.0 cm³/mol. The fourth-order valence-corrected chi connectivity index (χ4v) is 0.990. The Kier molecular flexibility index (Phi) is 5.12. The monoisotopic (exact) mass is 216 g/mol. The highest BCUT2D eigenvalue weighted by atomic mass is 35.5. The van der Waals surface area contributed by atoms with Crippen LogP contribution in [-0.2, 0) is 0 Å². The van der Waals surface area contributed by atoms with Crippen LogP contribution < -0.4 is 10.5 Å². The van der Waals surface area contributed by atoms with Gasteiger partial charge in [0, 0.05) is 12.4 Å².